The molecule has 0 aliphatic carbocycles. The summed E-state index contributed by atoms with van der Waals surface area (Å²) < 4.78 is 12.9. The molecule has 0 saturated carbocycles. The van der Waals surface area contributed by atoms with Crippen LogP contribution < -0.4 is 30.8 Å². The number of nitrogens with zero attached hydrogens (tertiary/aromatic N) is 1. The lowest BCUT2D eigenvalue weighted by Gasteiger charge is -2.35. The quantitative estimate of drug-likeness (QED) is 0.322. The number of fused-ring (bicyclic) bond motifs is 4. The smallest absolute Gasteiger partial charge is 0.260 e. The van der Waals surface area contributed by atoms with Gasteiger partial charge in [0.15, 0.2) is 0 Å². The summed E-state index contributed by atoms with van der Waals surface area (Å²) in [7, 11) is 0. The van der Waals surface area contributed by atoms with Gasteiger partial charge in [0, 0.05) is 16.8 Å². The van der Waals surface area contributed by atoms with Gasteiger partial charge in [-0.05, 0) is 59.5 Å². The van der Waals surface area contributed by atoms with Crippen LogP contribution in [0.2, 0.25) is 0 Å². The van der Waals surface area contributed by atoms with E-state index >= 15 is 0 Å². The van der Waals surface area contributed by atoms with Crippen molar-refractivity contribution < 1.29 is 9.47 Å². The fourth-order valence-corrected chi connectivity index (χ4v) is 5.14. The maximum absolute atomic E-state index is 6.67. The van der Waals surface area contributed by atoms with Crippen molar-refractivity contribution >= 4 is 40.2 Å². The second-order valence-electron chi connectivity index (χ2n) is 8.54. The molecule has 4 heteroatoms. The lowest BCUT2D eigenvalue weighted by atomic mass is 9.35. The molecule has 0 saturated heterocycles. The summed E-state index contributed by atoms with van der Waals surface area (Å²) in [6, 6.07) is 41.7. The first-order valence-electron chi connectivity index (χ1n) is 11.5. The van der Waals surface area contributed by atoms with Gasteiger partial charge in [0.25, 0.3) is 6.71 Å². The van der Waals surface area contributed by atoms with Crippen LogP contribution in [0.25, 0.3) is 0 Å². The highest BCUT2D eigenvalue weighted by Crippen LogP contribution is 2.43. The Morgan fingerprint density at radius 3 is 1.76 bits per heavy atom. The fraction of sp³-hybridized carbons (Fsp3) is 0. The number of benzene rings is 5. The van der Waals surface area contributed by atoms with E-state index in [-0.39, 0.29) is 6.71 Å². The Bertz CT molecular complexity index is 1480. The van der Waals surface area contributed by atoms with Crippen LogP contribution in [0.3, 0.4) is 0 Å². The first kappa shape index (κ1) is 19.1. The molecule has 0 atom stereocenters. The average Bonchev–Trinajstić information content (AvgIpc) is 2.90. The van der Waals surface area contributed by atoms with E-state index in [0.29, 0.717) is 0 Å². The van der Waals surface area contributed by atoms with Gasteiger partial charge in [-0.1, -0.05) is 72.8 Å². The van der Waals surface area contributed by atoms with Crippen LogP contribution >= 0.6 is 0 Å². The van der Waals surface area contributed by atoms with Crippen LogP contribution in [0.4, 0.5) is 17.1 Å². The number of para-hydroxylation sites is 4. The Morgan fingerprint density at radius 1 is 0.471 bits per heavy atom. The van der Waals surface area contributed by atoms with E-state index in [1.807, 2.05) is 42.5 Å². The molecule has 7 rings (SSSR count). The van der Waals surface area contributed by atoms with Crippen LogP contribution in [0.15, 0.2) is 121 Å². The van der Waals surface area contributed by atoms with Gasteiger partial charge in [0.2, 0.25) is 0 Å². The van der Waals surface area contributed by atoms with Gasteiger partial charge in [-0.25, -0.2) is 0 Å². The summed E-state index contributed by atoms with van der Waals surface area (Å²) in [6.45, 7) is 0.0493. The molecular formula is C30H20BNO2. The highest BCUT2D eigenvalue weighted by molar-refractivity contribution is 6.98. The molecule has 0 bridgehead atoms. The molecule has 2 heterocycles. The molecule has 34 heavy (non-hydrogen) atoms. The molecule has 2 aliphatic rings. The third-order valence-electron chi connectivity index (χ3n) is 6.58. The van der Waals surface area contributed by atoms with Crippen LogP contribution in [0.5, 0.6) is 23.0 Å². The van der Waals surface area contributed by atoms with E-state index in [4.69, 9.17) is 9.47 Å². The second kappa shape index (κ2) is 7.56. The zero-order chi connectivity index (χ0) is 22.5. The molecule has 0 fully saturated rings. The van der Waals surface area contributed by atoms with Gasteiger partial charge in [-0.2, -0.15) is 0 Å². The number of ether oxygens (including phenoxy) is 2. The highest BCUT2D eigenvalue weighted by Gasteiger charge is 2.41. The molecule has 0 aromatic heterocycles. The molecule has 0 amide bonds. The normalized spacial score (nSPS) is 12.5. The summed E-state index contributed by atoms with van der Waals surface area (Å²) in [5, 5.41) is 0. The lowest BCUT2D eigenvalue weighted by Crippen LogP contribution is -2.57. The van der Waals surface area contributed by atoms with Gasteiger partial charge in [0.1, 0.15) is 23.0 Å². The number of rotatable bonds is 3. The van der Waals surface area contributed by atoms with Crippen molar-refractivity contribution in [2.24, 2.45) is 0 Å². The standard InChI is InChI=1S/C30H20BNO2/c1-3-11-21(12-4-1)32(22-13-5-2-6-14-22)25-17-9-16-24-30(25)34-28-20-10-19-27-29(28)31(24)23-15-7-8-18-26(23)33-27/h1-20H. The minimum atomic E-state index is 0.0493. The fourth-order valence-electron chi connectivity index (χ4n) is 5.14. The van der Waals surface area contributed by atoms with Crippen molar-refractivity contribution in [3.05, 3.63) is 121 Å². The summed E-state index contributed by atoms with van der Waals surface area (Å²) in [6.07, 6.45) is 0. The maximum Gasteiger partial charge on any atom is 0.260 e. The minimum absolute atomic E-state index is 0.0493. The first-order chi connectivity index (χ1) is 16.9. The van der Waals surface area contributed by atoms with Crippen molar-refractivity contribution in [3.63, 3.8) is 0 Å². The van der Waals surface area contributed by atoms with Crippen LogP contribution in [-0.4, -0.2) is 6.71 Å². The van der Waals surface area contributed by atoms with Crippen molar-refractivity contribution in [2.45, 2.75) is 0 Å². The van der Waals surface area contributed by atoms with Gasteiger partial charge in [-0.15, -0.1) is 0 Å². The van der Waals surface area contributed by atoms with Gasteiger partial charge in [0.05, 0.1) is 5.69 Å². The van der Waals surface area contributed by atoms with E-state index in [2.05, 4.69) is 83.8 Å². The Labute approximate surface area is 198 Å². The molecule has 0 N–H and O–H groups in total. The summed E-state index contributed by atoms with van der Waals surface area (Å²) in [5.74, 6) is 3.48. The van der Waals surface area contributed by atoms with Gasteiger partial charge in [-0.3, -0.25) is 0 Å². The van der Waals surface area contributed by atoms with Crippen molar-refractivity contribution in [1.82, 2.24) is 0 Å². The Morgan fingerprint density at radius 2 is 1.03 bits per heavy atom. The maximum atomic E-state index is 6.67. The molecule has 160 valence electrons. The SMILES string of the molecule is c1ccc(N(c2ccccc2)c2cccc3c2Oc2cccc4c2B3c2ccccc2O4)cc1. The molecule has 5 aromatic carbocycles. The lowest BCUT2D eigenvalue weighted by molar-refractivity contribution is 0.465. The Kier molecular flexibility index (Phi) is 4.24. The van der Waals surface area contributed by atoms with Crippen LogP contribution in [0, 0.1) is 0 Å². The molecule has 2 aliphatic heterocycles. The number of hydrogen-bond donors (Lipinski definition) is 0. The van der Waals surface area contributed by atoms with Crippen molar-refractivity contribution in [3.8, 4) is 23.0 Å². The molecule has 3 nitrogen and oxygen atoms in total. The Hall–Kier alpha value is -4.44. The Balaban J connectivity index is 1.49. The third-order valence-corrected chi connectivity index (χ3v) is 6.58. The monoisotopic (exact) mass is 437 g/mol. The van der Waals surface area contributed by atoms with Crippen molar-refractivity contribution in [2.75, 3.05) is 4.90 Å². The van der Waals surface area contributed by atoms with E-state index in [1.165, 1.54) is 0 Å². The zero-order valence-corrected chi connectivity index (χ0v) is 18.4. The van der Waals surface area contributed by atoms with Gasteiger partial charge < -0.3 is 14.4 Å². The molecule has 5 aromatic rings. The summed E-state index contributed by atoms with van der Waals surface area (Å²) in [4.78, 5) is 2.26. The first-order valence-corrected chi connectivity index (χ1v) is 11.5. The van der Waals surface area contributed by atoms with Crippen LogP contribution in [-0.2, 0) is 0 Å². The van der Waals surface area contributed by atoms with Gasteiger partial charge >= 0.3 is 0 Å². The molecule has 0 unspecified atom stereocenters. The number of hydrogen-bond acceptors (Lipinski definition) is 3. The molecular weight excluding hydrogens is 417 g/mol. The molecule has 0 radical (unpaired) electrons. The minimum Gasteiger partial charge on any atom is -0.458 e. The average molecular weight is 437 g/mol. The molecule has 0 spiro atoms. The van der Waals surface area contributed by atoms with E-state index in [0.717, 1.165) is 56.4 Å². The van der Waals surface area contributed by atoms with E-state index < -0.39 is 0 Å². The van der Waals surface area contributed by atoms with Crippen LogP contribution in [0.1, 0.15) is 0 Å². The topological polar surface area (TPSA) is 21.7 Å². The summed E-state index contributed by atoms with van der Waals surface area (Å²) >= 11 is 0. The van der Waals surface area contributed by atoms with E-state index in [9.17, 15) is 0 Å². The largest absolute Gasteiger partial charge is 0.458 e. The van der Waals surface area contributed by atoms with E-state index in [1.54, 1.807) is 0 Å². The van der Waals surface area contributed by atoms with Crippen molar-refractivity contribution in [1.29, 1.82) is 0 Å². The zero-order valence-electron chi connectivity index (χ0n) is 18.4. The number of anilines is 3. The highest BCUT2D eigenvalue weighted by atomic mass is 16.5. The predicted octanol–water partition coefficient (Wildman–Crippen LogP) is 5.88. The third kappa shape index (κ3) is 2.85. The predicted molar refractivity (Wildman–Crippen MR) is 139 cm³/mol. The summed E-state index contributed by atoms with van der Waals surface area (Å²) in [5.41, 5.74) is 6.57. The second-order valence-corrected chi connectivity index (χ2v) is 8.54.